The number of likely N-dealkylation sites (N-methyl/N-ethyl adjacent to an activating group) is 1. The smallest absolute Gasteiger partial charge is 0.306 e. The minimum absolute atomic E-state index is 0.00142. The standard InChI is InChI=1S/C12H22N2O3/c1-4-13-12(2,3)11(17)14-9-6-5-8(7-9)10(15)16/h8-9,13H,4-7H2,1-3H3,(H,14,17)(H,15,16). The second-order valence-electron chi connectivity index (χ2n) is 5.17. The normalized spacial score (nSPS) is 24.6. The Morgan fingerprint density at radius 3 is 2.47 bits per heavy atom. The van der Waals surface area contributed by atoms with Crippen molar-refractivity contribution >= 4 is 11.9 Å². The monoisotopic (exact) mass is 242 g/mol. The van der Waals surface area contributed by atoms with Crippen LogP contribution < -0.4 is 10.6 Å². The van der Waals surface area contributed by atoms with Crippen molar-refractivity contribution in [2.24, 2.45) is 5.92 Å². The zero-order valence-electron chi connectivity index (χ0n) is 10.7. The number of carboxylic acids is 1. The van der Waals surface area contributed by atoms with Gasteiger partial charge in [-0.2, -0.15) is 0 Å². The topological polar surface area (TPSA) is 78.4 Å². The summed E-state index contributed by atoms with van der Waals surface area (Å²) >= 11 is 0. The highest BCUT2D eigenvalue weighted by molar-refractivity contribution is 5.85. The quantitative estimate of drug-likeness (QED) is 0.664. The molecule has 0 saturated heterocycles. The van der Waals surface area contributed by atoms with E-state index in [2.05, 4.69) is 10.6 Å². The molecule has 1 aliphatic carbocycles. The number of hydrogen-bond donors (Lipinski definition) is 3. The van der Waals surface area contributed by atoms with E-state index in [9.17, 15) is 9.59 Å². The third-order valence-electron chi connectivity index (χ3n) is 3.30. The number of rotatable bonds is 5. The lowest BCUT2D eigenvalue weighted by Crippen LogP contribution is -2.54. The maximum atomic E-state index is 12.0. The number of hydrogen-bond acceptors (Lipinski definition) is 3. The van der Waals surface area contributed by atoms with Gasteiger partial charge in [0.25, 0.3) is 0 Å². The number of carbonyl (C=O) groups is 2. The molecule has 0 aromatic heterocycles. The summed E-state index contributed by atoms with van der Waals surface area (Å²) < 4.78 is 0. The largest absolute Gasteiger partial charge is 0.481 e. The summed E-state index contributed by atoms with van der Waals surface area (Å²) in [5.41, 5.74) is -0.601. The molecule has 98 valence electrons. The van der Waals surface area contributed by atoms with E-state index in [-0.39, 0.29) is 17.9 Å². The molecule has 5 heteroatoms. The van der Waals surface area contributed by atoms with Gasteiger partial charge in [0, 0.05) is 6.04 Å². The fraction of sp³-hybridized carbons (Fsp3) is 0.833. The Bertz CT molecular complexity index is 302. The second-order valence-corrected chi connectivity index (χ2v) is 5.17. The average Bonchev–Trinajstić information content (AvgIpc) is 2.66. The number of carbonyl (C=O) groups excluding carboxylic acids is 1. The van der Waals surface area contributed by atoms with E-state index in [0.717, 1.165) is 13.0 Å². The van der Waals surface area contributed by atoms with Crippen LogP contribution in [0.2, 0.25) is 0 Å². The van der Waals surface area contributed by atoms with Gasteiger partial charge in [0.15, 0.2) is 0 Å². The molecule has 1 aliphatic rings. The summed E-state index contributed by atoms with van der Waals surface area (Å²) in [4.78, 5) is 22.8. The molecule has 1 saturated carbocycles. The first-order chi connectivity index (χ1) is 7.86. The summed E-state index contributed by atoms with van der Waals surface area (Å²) in [6.07, 6.45) is 1.95. The van der Waals surface area contributed by atoms with E-state index < -0.39 is 11.5 Å². The zero-order valence-corrected chi connectivity index (χ0v) is 10.7. The average molecular weight is 242 g/mol. The fourth-order valence-electron chi connectivity index (χ4n) is 2.22. The number of amides is 1. The second kappa shape index (κ2) is 5.49. The van der Waals surface area contributed by atoms with Gasteiger partial charge in [-0.3, -0.25) is 9.59 Å². The van der Waals surface area contributed by atoms with Crippen molar-refractivity contribution in [2.75, 3.05) is 6.54 Å². The molecule has 0 spiro atoms. The molecule has 1 rings (SSSR count). The molecule has 0 bridgehead atoms. The molecule has 3 N–H and O–H groups in total. The first kappa shape index (κ1) is 14.0. The highest BCUT2D eigenvalue weighted by atomic mass is 16.4. The van der Waals surface area contributed by atoms with Gasteiger partial charge in [-0.25, -0.2) is 0 Å². The highest BCUT2D eigenvalue weighted by Crippen LogP contribution is 2.26. The van der Waals surface area contributed by atoms with Gasteiger partial charge in [-0.1, -0.05) is 6.92 Å². The van der Waals surface area contributed by atoms with Crippen LogP contribution in [-0.4, -0.2) is 35.1 Å². The van der Waals surface area contributed by atoms with E-state index >= 15 is 0 Å². The number of carboxylic acid groups (broad SMARTS) is 1. The van der Waals surface area contributed by atoms with E-state index in [1.807, 2.05) is 20.8 Å². The summed E-state index contributed by atoms with van der Waals surface area (Å²) in [5.74, 6) is -1.12. The molecular formula is C12H22N2O3. The molecule has 5 nitrogen and oxygen atoms in total. The van der Waals surface area contributed by atoms with Crippen LogP contribution in [0, 0.1) is 5.92 Å². The van der Waals surface area contributed by atoms with Crippen molar-refractivity contribution in [3.05, 3.63) is 0 Å². The van der Waals surface area contributed by atoms with Crippen LogP contribution in [0.1, 0.15) is 40.0 Å². The van der Waals surface area contributed by atoms with Crippen molar-refractivity contribution in [1.29, 1.82) is 0 Å². The van der Waals surface area contributed by atoms with Gasteiger partial charge in [0.1, 0.15) is 0 Å². The first-order valence-electron chi connectivity index (χ1n) is 6.15. The van der Waals surface area contributed by atoms with Crippen LogP contribution in [0.25, 0.3) is 0 Å². The van der Waals surface area contributed by atoms with Crippen molar-refractivity contribution < 1.29 is 14.7 Å². The van der Waals surface area contributed by atoms with E-state index in [1.54, 1.807) is 0 Å². The molecule has 1 amide bonds. The number of aliphatic carboxylic acids is 1. The lowest BCUT2D eigenvalue weighted by Gasteiger charge is -2.26. The first-order valence-corrected chi connectivity index (χ1v) is 6.15. The molecule has 2 unspecified atom stereocenters. The van der Waals surface area contributed by atoms with Crippen LogP contribution in [0.4, 0.5) is 0 Å². The summed E-state index contributed by atoms with van der Waals surface area (Å²) in [6.45, 7) is 6.33. The van der Waals surface area contributed by atoms with E-state index in [0.29, 0.717) is 12.8 Å². The van der Waals surface area contributed by atoms with Crippen LogP contribution >= 0.6 is 0 Å². The van der Waals surface area contributed by atoms with Crippen molar-refractivity contribution in [2.45, 2.75) is 51.6 Å². The summed E-state index contributed by atoms with van der Waals surface area (Å²) in [5, 5.41) is 14.9. The van der Waals surface area contributed by atoms with Crippen LogP contribution in [0.5, 0.6) is 0 Å². The van der Waals surface area contributed by atoms with Gasteiger partial charge >= 0.3 is 5.97 Å². The minimum Gasteiger partial charge on any atom is -0.481 e. The van der Waals surface area contributed by atoms with Crippen molar-refractivity contribution in [3.63, 3.8) is 0 Å². The lowest BCUT2D eigenvalue weighted by molar-refractivity contribution is -0.141. The van der Waals surface area contributed by atoms with Gasteiger partial charge in [-0.15, -0.1) is 0 Å². The Morgan fingerprint density at radius 1 is 1.35 bits per heavy atom. The number of nitrogens with one attached hydrogen (secondary N) is 2. The molecule has 2 atom stereocenters. The molecule has 0 aromatic rings. The SMILES string of the molecule is CCNC(C)(C)C(=O)NC1CCC(C(=O)O)C1. The van der Waals surface area contributed by atoms with E-state index in [4.69, 9.17) is 5.11 Å². The van der Waals surface area contributed by atoms with Crippen LogP contribution in [0.3, 0.4) is 0 Å². The highest BCUT2D eigenvalue weighted by Gasteiger charge is 2.34. The maximum Gasteiger partial charge on any atom is 0.306 e. The molecule has 0 heterocycles. The summed E-state index contributed by atoms with van der Waals surface area (Å²) in [7, 11) is 0. The maximum absolute atomic E-state index is 12.0. The Balaban J connectivity index is 2.45. The Kier molecular flexibility index (Phi) is 4.51. The molecule has 0 aromatic carbocycles. The molecular weight excluding hydrogens is 220 g/mol. The third kappa shape index (κ3) is 3.70. The fourth-order valence-corrected chi connectivity index (χ4v) is 2.22. The Morgan fingerprint density at radius 2 is 2.00 bits per heavy atom. The molecule has 17 heavy (non-hydrogen) atoms. The van der Waals surface area contributed by atoms with Crippen LogP contribution in [-0.2, 0) is 9.59 Å². The van der Waals surface area contributed by atoms with Gasteiger partial charge in [0.2, 0.25) is 5.91 Å². The predicted octanol–water partition coefficient (Wildman–Crippen LogP) is 0.744. The Labute approximate surface area is 102 Å². The summed E-state index contributed by atoms with van der Waals surface area (Å²) in [6, 6.07) is 0.00142. The van der Waals surface area contributed by atoms with Gasteiger partial charge in [0.05, 0.1) is 11.5 Å². The lowest BCUT2D eigenvalue weighted by atomic mass is 10.0. The van der Waals surface area contributed by atoms with E-state index in [1.165, 1.54) is 0 Å². The predicted molar refractivity (Wildman–Crippen MR) is 64.7 cm³/mol. The molecule has 0 aliphatic heterocycles. The molecule has 0 radical (unpaired) electrons. The Hall–Kier alpha value is -1.10. The third-order valence-corrected chi connectivity index (χ3v) is 3.30. The zero-order chi connectivity index (χ0) is 13.1. The minimum atomic E-state index is -0.757. The van der Waals surface area contributed by atoms with Crippen molar-refractivity contribution in [3.8, 4) is 0 Å². The molecule has 1 fully saturated rings. The van der Waals surface area contributed by atoms with Crippen molar-refractivity contribution in [1.82, 2.24) is 10.6 Å². The van der Waals surface area contributed by atoms with Crippen LogP contribution in [0.15, 0.2) is 0 Å². The van der Waals surface area contributed by atoms with Gasteiger partial charge < -0.3 is 15.7 Å². The van der Waals surface area contributed by atoms with Gasteiger partial charge in [-0.05, 0) is 39.7 Å².